The van der Waals surface area contributed by atoms with Gasteiger partial charge in [-0.05, 0) is 71.8 Å². The second-order valence-electron chi connectivity index (χ2n) is 9.96. The van der Waals surface area contributed by atoms with Crippen LogP contribution in [0.5, 0.6) is 0 Å². The number of carbonyl (C=O) groups excluding carboxylic acids is 2. The molecule has 1 amide bonds. The fourth-order valence-electron chi connectivity index (χ4n) is 4.36. The van der Waals surface area contributed by atoms with Crippen LogP contribution in [0.4, 0.5) is 5.69 Å². The van der Waals surface area contributed by atoms with Crippen molar-refractivity contribution < 1.29 is 14.7 Å². The lowest BCUT2D eigenvalue weighted by molar-refractivity contribution is -0.132. The van der Waals surface area contributed by atoms with E-state index in [0.29, 0.717) is 26.9 Å². The molecule has 4 nitrogen and oxygen atoms in total. The van der Waals surface area contributed by atoms with Gasteiger partial charge in [-0.25, -0.2) is 0 Å². The van der Waals surface area contributed by atoms with Crippen LogP contribution in [0.2, 0.25) is 10.0 Å². The first kappa shape index (κ1) is 25.0. The highest BCUT2D eigenvalue weighted by Gasteiger charge is 2.47. The summed E-state index contributed by atoms with van der Waals surface area (Å²) < 4.78 is 0. The number of halogens is 2. The van der Waals surface area contributed by atoms with E-state index in [1.165, 1.54) is 4.90 Å². The first-order valence-electron chi connectivity index (χ1n) is 11.3. The number of nitrogens with zero attached hydrogens (tertiary/aromatic N) is 1. The van der Waals surface area contributed by atoms with Gasteiger partial charge in [-0.1, -0.05) is 74.3 Å². The number of aliphatic hydroxyl groups excluding tert-OH is 1. The van der Waals surface area contributed by atoms with Gasteiger partial charge in [0.05, 0.1) is 21.7 Å². The molecule has 35 heavy (non-hydrogen) atoms. The van der Waals surface area contributed by atoms with Crippen LogP contribution in [0.15, 0.2) is 66.2 Å². The van der Waals surface area contributed by atoms with Crippen LogP contribution in [0.25, 0.3) is 5.76 Å². The molecule has 1 heterocycles. The molecule has 1 unspecified atom stereocenters. The maximum Gasteiger partial charge on any atom is 0.300 e. The van der Waals surface area contributed by atoms with Gasteiger partial charge in [-0.15, -0.1) is 0 Å². The molecule has 4 rings (SSSR count). The average Bonchev–Trinajstić information content (AvgIpc) is 3.05. The van der Waals surface area contributed by atoms with Crippen molar-refractivity contribution in [2.75, 3.05) is 4.90 Å². The Labute approximate surface area is 215 Å². The molecule has 0 radical (unpaired) electrons. The predicted molar refractivity (Wildman–Crippen MR) is 142 cm³/mol. The predicted octanol–water partition coefficient (Wildman–Crippen LogP) is 7.53. The normalized spacial score (nSPS) is 17.8. The molecule has 1 fully saturated rings. The SMILES string of the molecule is Cc1cccc(N2C(=O)C(=O)/C(=C(/O)c3cc(C(C)(C)C)ccc3C)C2c2ccc(Cl)c(Cl)c2)c1. The van der Waals surface area contributed by atoms with Crippen LogP contribution in [0.1, 0.15) is 54.6 Å². The van der Waals surface area contributed by atoms with E-state index in [-0.39, 0.29) is 16.7 Å². The Bertz CT molecular complexity index is 1380. The number of hydrogen-bond donors (Lipinski definition) is 1. The van der Waals surface area contributed by atoms with Gasteiger partial charge in [0.1, 0.15) is 5.76 Å². The molecule has 0 saturated carbocycles. The van der Waals surface area contributed by atoms with Gasteiger partial charge < -0.3 is 5.11 Å². The lowest BCUT2D eigenvalue weighted by atomic mass is 9.84. The number of benzene rings is 3. The fraction of sp³-hybridized carbons (Fsp3) is 0.241. The average molecular weight is 508 g/mol. The number of aliphatic hydroxyl groups is 1. The van der Waals surface area contributed by atoms with Crippen LogP contribution < -0.4 is 4.90 Å². The molecule has 0 spiro atoms. The number of rotatable bonds is 3. The Hall–Kier alpha value is -3.08. The lowest BCUT2D eigenvalue weighted by Gasteiger charge is -2.26. The molecule has 1 N–H and O–H groups in total. The molecule has 0 aliphatic carbocycles. The summed E-state index contributed by atoms with van der Waals surface area (Å²) in [5.74, 6) is -1.67. The van der Waals surface area contributed by atoms with Crippen molar-refractivity contribution in [1.82, 2.24) is 0 Å². The molecule has 1 aliphatic rings. The zero-order valence-corrected chi connectivity index (χ0v) is 21.8. The zero-order valence-electron chi connectivity index (χ0n) is 20.3. The van der Waals surface area contributed by atoms with Crippen LogP contribution in [0.3, 0.4) is 0 Å². The molecule has 0 bridgehead atoms. The fourth-order valence-corrected chi connectivity index (χ4v) is 4.67. The summed E-state index contributed by atoms with van der Waals surface area (Å²) in [5, 5.41) is 12.2. The second-order valence-corrected chi connectivity index (χ2v) is 10.8. The minimum absolute atomic E-state index is 0.0176. The van der Waals surface area contributed by atoms with Crippen LogP contribution in [0, 0.1) is 13.8 Å². The smallest absolute Gasteiger partial charge is 0.300 e. The van der Waals surface area contributed by atoms with E-state index in [2.05, 4.69) is 20.8 Å². The van der Waals surface area contributed by atoms with E-state index in [4.69, 9.17) is 23.2 Å². The van der Waals surface area contributed by atoms with Gasteiger partial charge in [0.2, 0.25) is 0 Å². The first-order valence-corrected chi connectivity index (χ1v) is 12.1. The van der Waals surface area contributed by atoms with Gasteiger partial charge in [-0.3, -0.25) is 14.5 Å². The summed E-state index contributed by atoms with van der Waals surface area (Å²) in [6.45, 7) is 10.0. The Morgan fingerprint density at radius 3 is 2.26 bits per heavy atom. The summed E-state index contributed by atoms with van der Waals surface area (Å²) in [5.41, 5.74) is 4.24. The highest BCUT2D eigenvalue weighted by atomic mass is 35.5. The summed E-state index contributed by atoms with van der Waals surface area (Å²) in [6, 6.07) is 17.3. The van der Waals surface area contributed by atoms with E-state index >= 15 is 0 Å². The molecule has 1 saturated heterocycles. The van der Waals surface area contributed by atoms with E-state index in [1.54, 1.807) is 24.3 Å². The molecular weight excluding hydrogens is 481 g/mol. The first-order chi connectivity index (χ1) is 16.4. The van der Waals surface area contributed by atoms with Crippen molar-refractivity contribution in [3.63, 3.8) is 0 Å². The number of carbonyl (C=O) groups is 2. The Kier molecular flexibility index (Phi) is 6.56. The standard InChI is InChI=1S/C29H27Cl2NO3/c1-16-7-6-8-20(13-16)32-25(18-10-12-22(30)23(31)14-18)24(27(34)28(32)35)26(33)21-15-19(29(3,4)5)11-9-17(21)2/h6-15,25,33H,1-5H3/b26-24+. The van der Waals surface area contributed by atoms with Gasteiger partial charge in [0.15, 0.2) is 0 Å². The van der Waals surface area contributed by atoms with Crippen molar-refractivity contribution >= 4 is 46.3 Å². The Morgan fingerprint density at radius 1 is 0.914 bits per heavy atom. The Morgan fingerprint density at radius 2 is 1.63 bits per heavy atom. The summed E-state index contributed by atoms with van der Waals surface area (Å²) in [4.78, 5) is 28.3. The minimum atomic E-state index is -0.871. The molecule has 0 aromatic heterocycles. The van der Waals surface area contributed by atoms with Crippen molar-refractivity contribution in [2.45, 2.75) is 46.1 Å². The van der Waals surface area contributed by atoms with Crippen molar-refractivity contribution in [2.24, 2.45) is 0 Å². The third-order valence-electron chi connectivity index (χ3n) is 6.34. The van der Waals surface area contributed by atoms with Crippen molar-refractivity contribution in [3.05, 3.63) is 104 Å². The zero-order chi connectivity index (χ0) is 25.7. The van der Waals surface area contributed by atoms with Crippen molar-refractivity contribution in [3.8, 4) is 0 Å². The second kappa shape index (κ2) is 9.18. The highest BCUT2D eigenvalue weighted by Crippen LogP contribution is 2.44. The van der Waals surface area contributed by atoms with Gasteiger partial charge in [0, 0.05) is 11.3 Å². The topological polar surface area (TPSA) is 57.6 Å². The highest BCUT2D eigenvalue weighted by molar-refractivity contribution is 6.52. The number of aryl methyl sites for hydroxylation is 2. The summed E-state index contributed by atoms with van der Waals surface area (Å²) >= 11 is 12.5. The molecule has 3 aromatic rings. The number of Topliss-reactive ketones (excluding diaryl/α,β-unsaturated/α-hetero) is 1. The van der Waals surface area contributed by atoms with E-state index < -0.39 is 17.7 Å². The third kappa shape index (κ3) is 4.61. The number of anilines is 1. The molecule has 6 heteroatoms. The number of hydrogen-bond acceptors (Lipinski definition) is 3. The molecule has 1 atom stereocenters. The maximum atomic E-state index is 13.4. The Balaban J connectivity index is 2.01. The van der Waals surface area contributed by atoms with Crippen molar-refractivity contribution in [1.29, 1.82) is 0 Å². The monoisotopic (exact) mass is 507 g/mol. The number of amides is 1. The van der Waals surface area contributed by atoms with E-state index in [1.807, 2.05) is 50.2 Å². The van der Waals surface area contributed by atoms with Gasteiger partial charge in [-0.2, -0.15) is 0 Å². The molecular formula is C29H27Cl2NO3. The maximum absolute atomic E-state index is 13.4. The van der Waals surface area contributed by atoms with Gasteiger partial charge >= 0.3 is 0 Å². The van der Waals surface area contributed by atoms with Crippen LogP contribution in [-0.4, -0.2) is 16.8 Å². The van der Waals surface area contributed by atoms with Crippen LogP contribution in [-0.2, 0) is 15.0 Å². The van der Waals surface area contributed by atoms with Gasteiger partial charge in [0.25, 0.3) is 11.7 Å². The third-order valence-corrected chi connectivity index (χ3v) is 7.08. The quantitative estimate of drug-likeness (QED) is 0.226. The number of ketones is 1. The van der Waals surface area contributed by atoms with Crippen LogP contribution >= 0.6 is 23.2 Å². The molecule has 3 aromatic carbocycles. The summed E-state index contributed by atoms with van der Waals surface area (Å²) in [6.07, 6.45) is 0. The summed E-state index contributed by atoms with van der Waals surface area (Å²) in [7, 11) is 0. The molecule has 1 aliphatic heterocycles. The molecule has 180 valence electrons. The van der Waals surface area contributed by atoms with E-state index in [0.717, 1.165) is 16.7 Å². The largest absolute Gasteiger partial charge is 0.507 e. The lowest BCUT2D eigenvalue weighted by Crippen LogP contribution is -2.29. The van der Waals surface area contributed by atoms with E-state index in [9.17, 15) is 14.7 Å². The minimum Gasteiger partial charge on any atom is -0.507 e.